The Labute approximate surface area is 136 Å². The van der Waals surface area contributed by atoms with Gasteiger partial charge in [0.25, 0.3) is 0 Å². The molecule has 0 atom stereocenters. The Morgan fingerprint density at radius 1 is 1.35 bits per heavy atom. The van der Waals surface area contributed by atoms with Crippen LogP contribution >= 0.6 is 0 Å². The SMILES string of the molecule is Cc1nc(CN(C)C(=O)Nc2cccc(N(C)C(C)C)c2)no1. The van der Waals surface area contributed by atoms with E-state index in [2.05, 4.69) is 34.2 Å². The highest BCUT2D eigenvalue weighted by Crippen LogP contribution is 2.20. The van der Waals surface area contributed by atoms with Gasteiger partial charge in [0.15, 0.2) is 5.82 Å². The molecule has 0 radical (unpaired) electrons. The fraction of sp³-hybridized carbons (Fsp3) is 0.438. The van der Waals surface area contributed by atoms with Gasteiger partial charge >= 0.3 is 6.03 Å². The van der Waals surface area contributed by atoms with Crippen molar-refractivity contribution in [3.63, 3.8) is 0 Å². The Morgan fingerprint density at radius 2 is 2.09 bits per heavy atom. The number of carbonyl (C=O) groups is 1. The van der Waals surface area contributed by atoms with Crippen LogP contribution < -0.4 is 10.2 Å². The average Bonchev–Trinajstić information content (AvgIpc) is 2.91. The highest BCUT2D eigenvalue weighted by atomic mass is 16.5. The van der Waals surface area contributed by atoms with Crippen LogP contribution in [-0.2, 0) is 6.54 Å². The molecule has 1 aromatic carbocycles. The lowest BCUT2D eigenvalue weighted by Gasteiger charge is -2.24. The van der Waals surface area contributed by atoms with Crippen molar-refractivity contribution in [1.29, 1.82) is 0 Å². The van der Waals surface area contributed by atoms with Gasteiger partial charge in [0.1, 0.15) is 0 Å². The van der Waals surface area contributed by atoms with Crippen LogP contribution in [0.25, 0.3) is 0 Å². The smallest absolute Gasteiger partial charge is 0.321 e. The van der Waals surface area contributed by atoms with Gasteiger partial charge in [0, 0.05) is 38.4 Å². The lowest BCUT2D eigenvalue weighted by atomic mass is 10.2. The van der Waals surface area contributed by atoms with Gasteiger partial charge in [-0.1, -0.05) is 11.2 Å². The maximum absolute atomic E-state index is 12.3. The van der Waals surface area contributed by atoms with Crippen LogP contribution in [0.15, 0.2) is 28.8 Å². The molecule has 0 aliphatic carbocycles. The minimum Gasteiger partial charge on any atom is -0.372 e. The van der Waals surface area contributed by atoms with E-state index < -0.39 is 0 Å². The fourth-order valence-corrected chi connectivity index (χ4v) is 2.01. The van der Waals surface area contributed by atoms with Crippen LogP contribution in [0.3, 0.4) is 0 Å². The predicted octanol–water partition coefficient (Wildman–Crippen LogP) is 2.89. The molecule has 7 nitrogen and oxygen atoms in total. The van der Waals surface area contributed by atoms with Crippen LogP contribution in [-0.4, -0.2) is 41.2 Å². The maximum Gasteiger partial charge on any atom is 0.321 e. The summed E-state index contributed by atoms with van der Waals surface area (Å²) >= 11 is 0. The number of urea groups is 1. The molecule has 0 fully saturated rings. The molecule has 0 unspecified atom stereocenters. The molecular formula is C16H23N5O2. The number of benzene rings is 1. The first-order valence-electron chi connectivity index (χ1n) is 7.51. The summed E-state index contributed by atoms with van der Waals surface area (Å²) in [6.07, 6.45) is 0. The summed E-state index contributed by atoms with van der Waals surface area (Å²) in [7, 11) is 3.71. The molecular weight excluding hydrogens is 294 g/mol. The summed E-state index contributed by atoms with van der Waals surface area (Å²) in [6, 6.07) is 7.90. The van der Waals surface area contributed by atoms with E-state index in [0.29, 0.717) is 17.8 Å². The number of aromatic nitrogens is 2. The van der Waals surface area contributed by atoms with Gasteiger partial charge in [-0.15, -0.1) is 0 Å². The second-order valence-electron chi connectivity index (χ2n) is 5.77. The number of nitrogens with zero attached hydrogens (tertiary/aromatic N) is 4. The lowest BCUT2D eigenvalue weighted by molar-refractivity contribution is 0.219. The Bertz CT molecular complexity index is 668. The van der Waals surface area contributed by atoms with E-state index in [1.165, 1.54) is 4.90 Å². The van der Waals surface area contributed by atoms with E-state index in [0.717, 1.165) is 11.4 Å². The summed E-state index contributed by atoms with van der Waals surface area (Å²) in [5.41, 5.74) is 1.80. The predicted molar refractivity (Wildman–Crippen MR) is 89.5 cm³/mol. The lowest BCUT2D eigenvalue weighted by Crippen LogP contribution is -2.31. The molecule has 0 spiro atoms. The van der Waals surface area contributed by atoms with E-state index in [1.54, 1.807) is 14.0 Å². The molecule has 0 aliphatic heterocycles. The van der Waals surface area contributed by atoms with Gasteiger partial charge in [-0.05, 0) is 32.0 Å². The third-order valence-electron chi connectivity index (χ3n) is 3.57. The van der Waals surface area contributed by atoms with Gasteiger partial charge in [0.05, 0.1) is 6.54 Å². The zero-order valence-corrected chi connectivity index (χ0v) is 14.2. The van der Waals surface area contributed by atoms with Gasteiger partial charge in [-0.3, -0.25) is 0 Å². The fourth-order valence-electron chi connectivity index (χ4n) is 2.01. The number of anilines is 2. The molecule has 1 aromatic heterocycles. The normalized spacial score (nSPS) is 10.7. The topological polar surface area (TPSA) is 74.5 Å². The Hall–Kier alpha value is -2.57. The van der Waals surface area contributed by atoms with Crippen LogP contribution in [0, 0.1) is 6.92 Å². The summed E-state index contributed by atoms with van der Waals surface area (Å²) < 4.78 is 4.90. The maximum atomic E-state index is 12.3. The van der Waals surface area contributed by atoms with Crippen LogP contribution in [0.2, 0.25) is 0 Å². The van der Waals surface area contributed by atoms with Crippen molar-refractivity contribution in [3.8, 4) is 0 Å². The van der Waals surface area contributed by atoms with E-state index in [1.807, 2.05) is 31.3 Å². The number of nitrogens with one attached hydrogen (secondary N) is 1. The van der Waals surface area contributed by atoms with E-state index in [9.17, 15) is 4.79 Å². The minimum atomic E-state index is -0.225. The number of rotatable bonds is 5. The summed E-state index contributed by atoms with van der Waals surface area (Å²) in [5, 5.41) is 6.66. The van der Waals surface area contributed by atoms with Crippen LogP contribution in [0.5, 0.6) is 0 Å². The first-order chi connectivity index (χ1) is 10.9. The number of hydrogen-bond donors (Lipinski definition) is 1. The Morgan fingerprint density at radius 3 is 2.70 bits per heavy atom. The number of carbonyl (C=O) groups excluding carboxylic acids is 1. The highest BCUT2D eigenvalue weighted by Gasteiger charge is 2.13. The molecule has 0 aliphatic rings. The Balaban J connectivity index is 2.00. The van der Waals surface area contributed by atoms with Crippen molar-refractivity contribution in [2.24, 2.45) is 0 Å². The van der Waals surface area contributed by atoms with Gasteiger partial charge in [-0.25, -0.2) is 4.79 Å². The summed E-state index contributed by atoms with van der Waals surface area (Å²) in [6.45, 7) is 6.24. The first kappa shape index (κ1) is 16.8. The van der Waals surface area contributed by atoms with Crippen molar-refractivity contribution in [3.05, 3.63) is 36.0 Å². The van der Waals surface area contributed by atoms with Crippen molar-refractivity contribution >= 4 is 17.4 Å². The zero-order chi connectivity index (χ0) is 17.0. The molecule has 2 rings (SSSR count). The minimum absolute atomic E-state index is 0.225. The third kappa shape index (κ3) is 4.45. The van der Waals surface area contributed by atoms with Crippen molar-refractivity contribution in [1.82, 2.24) is 15.0 Å². The first-order valence-corrected chi connectivity index (χ1v) is 7.51. The molecule has 0 bridgehead atoms. The number of amides is 2. The highest BCUT2D eigenvalue weighted by molar-refractivity contribution is 5.89. The van der Waals surface area contributed by atoms with Crippen molar-refractivity contribution in [2.45, 2.75) is 33.4 Å². The molecule has 2 amide bonds. The molecule has 7 heteroatoms. The Kier molecular flexibility index (Phi) is 5.20. The second-order valence-corrected chi connectivity index (χ2v) is 5.77. The second kappa shape index (κ2) is 7.13. The summed E-state index contributed by atoms with van der Waals surface area (Å²) in [5.74, 6) is 0.965. The van der Waals surface area contributed by atoms with Crippen LogP contribution in [0.4, 0.5) is 16.2 Å². The van der Waals surface area contributed by atoms with E-state index >= 15 is 0 Å². The number of aryl methyl sites for hydroxylation is 1. The third-order valence-corrected chi connectivity index (χ3v) is 3.57. The van der Waals surface area contributed by atoms with E-state index in [-0.39, 0.29) is 12.6 Å². The largest absolute Gasteiger partial charge is 0.372 e. The molecule has 2 aromatic rings. The molecule has 124 valence electrons. The zero-order valence-electron chi connectivity index (χ0n) is 14.2. The van der Waals surface area contributed by atoms with Crippen molar-refractivity contribution < 1.29 is 9.32 Å². The summed E-state index contributed by atoms with van der Waals surface area (Å²) in [4.78, 5) is 20.0. The monoisotopic (exact) mass is 317 g/mol. The van der Waals surface area contributed by atoms with Crippen LogP contribution in [0.1, 0.15) is 25.6 Å². The molecule has 0 saturated heterocycles. The molecule has 1 N–H and O–H groups in total. The van der Waals surface area contributed by atoms with E-state index in [4.69, 9.17) is 4.52 Å². The quantitative estimate of drug-likeness (QED) is 0.918. The average molecular weight is 317 g/mol. The van der Waals surface area contributed by atoms with Gasteiger partial charge in [0.2, 0.25) is 5.89 Å². The van der Waals surface area contributed by atoms with Crippen molar-refractivity contribution in [2.75, 3.05) is 24.3 Å². The molecule has 1 heterocycles. The van der Waals surface area contributed by atoms with Gasteiger partial charge in [-0.2, -0.15) is 4.98 Å². The number of hydrogen-bond acceptors (Lipinski definition) is 5. The van der Waals surface area contributed by atoms with Gasteiger partial charge < -0.3 is 19.6 Å². The molecule has 23 heavy (non-hydrogen) atoms. The standard InChI is InChI=1S/C16H23N5O2/c1-11(2)21(5)14-8-6-7-13(9-14)18-16(22)20(4)10-15-17-12(3)23-19-15/h6-9,11H,10H2,1-5H3,(H,18,22). The molecule has 0 saturated carbocycles.